The van der Waals surface area contributed by atoms with Gasteiger partial charge in [-0.3, -0.25) is 4.79 Å². The predicted octanol–water partition coefficient (Wildman–Crippen LogP) is 4.68. The van der Waals surface area contributed by atoms with Crippen LogP contribution in [0.15, 0.2) is 28.1 Å². The molecule has 0 aliphatic rings. The highest BCUT2D eigenvalue weighted by Gasteiger charge is 2.14. The van der Waals surface area contributed by atoms with E-state index in [9.17, 15) is 4.79 Å². The van der Waals surface area contributed by atoms with E-state index in [1.165, 1.54) is 0 Å². The van der Waals surface area contributed by atoms with E-state index in [1.807, 2.05) is 30.5 Å². The zero-order chi connectivity index (χ0) is 14.0. The smallest absolute Gasteiger partial charge is 0.256 e. The summed E-state index contributed by atoms with van der Waals surface area (Å²) < 4.78 is 7.31. The summed E-state index contributed by atoms with van der Waals surface area (Å²) in [6, 6.07) is 5.64. The number of halogens is 2. The highest BCUT2D eigenvalue weighted by Crippen LogP contribution is 2.32. The van der Waals surface area contributed by atoms with Crippen LogP contribution in [0.4, 0.5) is 5.69 Å². The number of carbonyl (C=O) groups is 1. The van der Waals surface area contributed by atoms with Crippen molar-refractivity contribution < 1.29 is 9.53 Å². The van der Waals surface area contributed by atoms with Gasteiger partial charge in [-0.15, -0.1) is 11.3 Å². The Morgan fingerprint density at radius 3 is 2.74 bits per heavy atom. The number of ether oxygens (including phenoxy) is 1. The van der Waals surface area contributed by atoms with Crippen LogP contribution in [0.3, 0.4) is 0 Å². The molecule has 3 nitrogen and oxygen atoms in total. The molecule has 0 bridgehead atoms. The van der Waals surface area contributed by atoms with Crippen LogP contribution in [0.5, 0.6) is 5.75 Å². The lowest BCUT2D eigenvalue weighted by Crippen LogP contribution is -2.12. The molecule has 0 unspecified atom stereocenters. The monoisotopic (exact) mass is 451 g/mol. The molecule has 100 valence electrons. The predicted molar refractivity (Wildman–Crippen MR) is 90.4 cm³/mol. The van der Waals surface area contributed by atoms with Gasteiger partial charge in [-0.1, -0.05) is 15.9 Å². The fourth-order valence-electron chi connectivity index (χ4n) is 1.65. The second-order valence-electron chi connectivity index (χ2n) is 3.89. The van der Waals surface area contributed by atoms with Gasteiger partial charge in [0.1, 0.15) is 5.75 Å². The zero-order valence-electron chi connectivity index (χ0n) is 10.3. The topological polar surface area (TPSA) is 38.3 Å². The molecule has 2 aromatic rings. The average molecular weight is 452 g/mol. The molecular weight excluding hydrogens is 441 g/mol. The highest BCUT2D eigenvalue weighted by atomic mass is 127. The van der Waals surface area contributed by atoms with Crippen molar-refractivity contribution in [2.45, 2.75) is 6.92 Å². The lowest BCUT2D eigenvalue weighted by molar-refractivity contribution is 0.102. The van der Waals surface area contributed by atoms with E-state index < -0.39 is 0 Å². The molecular formula is C13H11BrINO2S. The summed E-state index contributed by atoms with van der Waals surface area (Å²) in [5.74, 6) is 0.521. The van der Waals surface area contributed by atoms with Gasteiger partial charge in [0.25, 0.3) is 5.91 Å². The van der Waals surface area contributed by atoms with E-state index in [1.54, 1.807) is 18.4 Å². The molecule has 0 saturated heterocycles. The number of hydrogen-bond donors (Lipinski definition) is 1. The van der Waals surface area contributed by atoms with E-state index in [4.69, 9.17) is 4.74 Å². The van der Waals surface area contributed by atoms with Crippen LogP contribution in [-0.4, -0.2) is 13.0 Å². The van der Waals surface area contributed by atoms with Crippen molar-refractivity contribution in [1.82, 2.24) is 0 Å². The number of aryl methyl sites for hydroxylation is 1. The summed E-state index contributed by atoms with van der Waals surface area (Å²) in [7, 11) is 1.59. The van der Waals surface area contributed by atoms with Crippen molar-refractivity contribution in [1.29, 1.82) is 0 Å². The van der Waals surface area contributed by atoms with E-state index in [0.29, 0.717) is 17.0 Å². The van der Waals surface area contributed by atoms with Gasteiger partial charge >= 0.3 is 0 Å². The van der Waals surface area contributed by atoms with Gasteiger partial charge in [-0.25, -0.2) is 0 Å². The molecule has 1 N–H and O–H groups in total. The molecule has 6 heteroatoms. The Labute approximate surface area is 137 Å². The molecule has 1 heterocycles. The van der Waals surface area contributed by atoms with Crippen molar-refractivity contribution in [3.63, 3.8) is 0 Å². The van der Waals surface area contributed by atoms with Crippen molar-refractivity contribution in [2.75, 3.05) is 12.4 Å². The van der Waals surface area contributed by atoms with Crippen LogP contribution in [0.25, 0.3) is 0 Å². The Bertz CT molecular complexity index is 627. The standard InChI is InChI=1S/C13H11BrINO2S/c1-7-3-9(14)5-10(18-2)12(7)16-13(17)8-4-11(15)19-6-8/h3-6H,1-2H3,(H,16,17). The van der Waals surface area contributed by atoms with Crippen LogP contribution in [0.1, 0.15) is 15.9 Å². The number of amides is 1. The van der Waals surface area contributed by atoms with Gasteiger partial charge < -0.3 is 10.1 Å². The zero-order valence-corrected chi connectivity index (χ0v) is 14.9. The molecule has 0 fully saturated rings. The van der Waals surface area contributed by atoms with Crippen molar-refractivity contribution in [3.8, 4) is 5.75 Å². The van der Waals surface area contributed by atoms with Gasteiger partial charge in [-0.2, -0.15) is 0 Å². The van der Waals surface area contributed by atoms with Crippen LogP contribution < -0.4 is 10.1 Å². The number of methoxy groups -OCH3 is 1. The summed E-state index contributed by atoms with van der Waals surface area (Å²) in [4.78, 5) is 12.2. The van der Waals surface area contributed by atoms with Crippen LogP contribution in [-0.2, 0) is 0 Å². The van der Waals surface area contributed by atoms with E-state index in [2.05, 4.69) is 43.8 Å². The second-order valence-corrected chi connectivity index (χ2v) is 7.61. The Kier molecular flexibility index (Phi) is 4.86. The molecule has 19 heavy (non-hydrogen) atoms. The van der Waals surface area contributed by atoms with E-state index in [0.717, 1.165) is 12.9 Å². The minimum absolute atomic E-state index is 0.122. The van der Waals surface area contributed by atoms with Crippen LogP contribution >= 0.6 is 49.9 Å². The van der Waals surface area contributed by atoms with Gasteiger partial charge in [0, 0.05) is 9.85 Å². The van der Waals surface area contributed by atoms with Gasteiger partial charge in [0.15, 0.2) is 0 Å². The molecule has 0 spiro atoms. The van der Waals surface area contributed by atoms with E-state index in [-0.39, 0.29) is 5.91 Å². The van der Waals surface area contributed by atoms with Crippen molar-refractivity contribution >= 4 is 61.5 Å². The van der Waals surface area contributed by atoms with Crippen LogP contribution in [0.2, 0.25) is 0 Å². The fourth-order valence-corrected chi connectivity index (χ4v) is 3.53. The number of benzene rings is 1. The minimum atomic E-state index is -0.122. The average Bonchev–Trinajstić information content (AvgIpc) is 2.78. The summed E-state index contributed by atoms with van der Waals surface area (Å²) >= 11 is 7.16. The Morgan fingerprint density at radius 1 is 1.42 bits per heavy atom. The molecule has 1 amide bonds. The maximum atomic E-state index is 12.2. The largest absolute Gasteiger partial charge is 0.495 e. The Hall–Kier alpha value is -0.600. The molecule has 1 aromatic heterocycles. The molecule has 2 rings (SSSR count). The maximum Gasteiger partial charge on any atom is 0.256 e. The number of thiophene rings is 1. The fraction of sp³-hybridized carbons (Fsp3) is 0.154. The van der Waals surface area contributed by atoms with Gasteiger partial charge in [0.2, 0.25) is 0 Å². The minimum Gasteiger partial charge on any atom is -0.495 e. The molecule has 0 atom stereocenters. The Morgan fingerprint density at radius 2 is 2.16 bits per heavy atom. The number of anilines is 1. The second kappa shape index (κ2) is 6.23. The SMILES string of the molecule is COc1cc(Br)cc(C)c1NC(=O)c1csc(I)c1. The van der Waals surface area contributed by atoms with Gasteiger partial charge in [0.05, 0.1) is 21.2 Å². The third-order valence-corrected chi connectivity index (χ3v) is 4.80. The highest BCUT2D eigenvalue weighted by molar-refractivity contribution is 14.1. The summed E-state index contributed by atoms with van der Waals surface area (Å²) in [5.41, 5.74) is 2.32. The van der Waals surface area contributed by atoms with Gasteiger partial charge in [-0.05, 0) is 53.3 Å². The first-order valence-electron chi connectivity index (χ1n) is 5.41. The first-order chi connectivity index (χ1) is 9.01. The third-order valence-electron chi connectivity index (χ3n) is 2.55. The van der Waals surface area contributed by atoms with Crippen molar-refractivity contribution in [2.24, 2.45) is 0 Å². The third kappa shape index (κ3) is 3.49. The summed E-state index contributed by atoms with van der Waals surface area (Å²) in [6.45, 7) is 1.93. The number of rotatable bonds is 3. The first-order valence-corrected chi connectivity index (χ1v) is 8.16. The van der Waals surface area contributed by atoms with Crippen molar-refractivity contribution in [3.05, 3.63) is 42.1 Å². The number of hydrogen-bond acceptors (Lipinski definition) is 3. The summed E-state index contributed by atoms with van der Waals surface area (Å²) in [6.07, 6.45) is 0. The molecule has 0 aliphatic carbocycles. The molecule has 0 saturated carbocycles. The molecule has 1 aromatic carbocycles. The van der Waals surface area contributed by atoms with Crippen LogP contribution in [0, 0.1) is 9.81 Å². The quantitative estimate of drug-likeness (QED) is 0.687. The molecule has 0 aliphatic heterocycles. The molecule has 0 radical (unpaired) electrons. The lowest BCUT2D eigenvalue weighted by atomic mass is 10.1. The Balaban J connectivity index is 2.31. The number of nitrogens with one attached hydrogen (secondary N) is 1. The number of carbonyl (C=O) groups excluding carboxylic acids is 1. The lowest BCUT2D eigenvalue weighted by Gasteiger charge is -2.13. The van der Waals surface area contributed by atoms with E-state index >= 15 is 0 Å². The normalized spacial score (nSPS) is 10.3. The summed E-state index contributed by atoms with van der Waals surface area (Å²) in [5, 5.41) is 4.75. The first kappa shape index (κ1) is 14.8. The maximum absolute atomic E-state index is 12.2.